The Labute approximate surface area is 370 Å². The van der Waals surface area contributed by atoms with Crippen LogP contribution in [0.15, 0.2) is 206 Å². The van der Waals surface area contributed by atoms with Gasteiger partial charge in [0.1, 0.15) is 0 Å². The van der Waals surface area contributed by atoms with E-state index in [9.17, 15) is 13.2 Å². The quantitative estimate of drug-likeness (QED) is 0.0404. The molecule has 8 rings (SSSR count). The van der Waals surface area contributed by atoms with Gasteiger partial charge in [0.2, 0.25) is 0 Å². The maximum absolute atomic E-state index is 10.7. The topological polar surface area (TPSA) is 57.2 Å². The van der Waals surface area contributed by atoms with Crippen LogP contribution < -0.4 is 31.8 Å². The van der Waals surface area contributed by atoms with E-state index in [-0.39, 0.29) is 24.9 Å². The second-order valence-corrected chi connectivity index (χ2v) is 22.8. The van der Waals surface area contributed by atoms with Crippen molar-refractivity contribution in [3.05, 3.63) is 206 Å². The maximum Gasteiger partial charge on any atom is 0.485 e. The van der Waals surface area contributed by atoms with Crippen LogP contribution in [0.3, 0.4) is 0 Å². The van der Waals surface area contributed by atoms with Crippen molar-refractivity contribution in [2.75, 3.05) is 18.5 Å². The molecule has 11 heteroatoms. The molecule has 0 heterocycles. The van der Waals surface area contributed by atoms with Gasteiger partial charge in [-0.1, -0.05) is 213 Å². The molecule has 0 aromatic heterocycles. The molecule has 1 radical (unpaired) electrons. The second kappa shape index (κ2) is 22.5. The first-order valence-electron chi connectivity index (χ1n) is 19.4. The van der Waals surface area contributed by atoms with Crippen LogP contribution in [0.2, 0.25) is 0 Å². The van der Waals surface area contributed by atoms with Gasteiger partial charge in [-0.05, 0) is 97.7 Å². The fourth-order valence-electron chi connectivity index (χ4n) is 7.27. The average Bonchev–Trinajstić information content (AvgIpc) is 3.93. The predicted octanol–water partition coefficient (Wildman–Crippen LogP) is 10.2. The Hall–Kier alpha value is -3.59. The van der Waals surface area contributed by atoms with Crippen molar-refractivity contribution >= 4 is 65.7 Å². The Bertz CT molecular complexity index is 1990. The van der Waals surface area contributed by atoms with Crippen LogP contribution in [0, 0.1) is 17.3 Å². The van der Waals surface area contributed by atoms with Crippen LogP contribution in [0.25, 0.3) is 0 Å². The van der Waals surface area contributed by atoms with Gasteiger partial charge in [0.05, 0.1) is 0 Å². The Balaban J connectivity index is 0.000000357. The molecular weight excluding hydrogens is 921 g/mol. The van der Waals surface area contributed by atoms with E-state index in [2.05, 4.69) is 213 Å². The Morgan fingerprint density at radius 1 is 0.467 bits per heavy atom. The van der Waals surface area contributed by atoms with Crippen LogP contribution in [-0.2, 0) is 29.6 Å². The minimum absolute atomic E-state index is 0. The molecule has 0 atom stereocenters. The smallest absolute Gasteiger partial charge is 0.485 e. The number of halogens is 3. The molecule has 313 valence electrons. The van der Waals surface area contributed by atoms with E-state index in [1.807, 2.05) is 0 Å². The molecule has 0 amide bonds. The molecule has 2 bridgehead atoms. The standard InChI is InChI=1S/C41H39P3.C7H8.CHF3O3S.Rh/c1-41(32-42(35-20-8-2-9-21-35)36-22-10-3-11-23-36,33-43(37-24-12-4-13-25-37)38-26-14-5-15-27-38)34-44(39-28-16-6-17-29-39)40-30-18-7-19-31-40;1-2-7-4-3-6(1)5-7;2-1(3,4)8(5,6)7;/h2-31H,32-34H2,1H3;1-4,6-7H,5H2;(H,5,6,7);/p-1. The number of fused-ring (bicyclic) bond motifs is 2. The molecule has 0 spiro atoms. The third kappa shape index (κ3) is 13.7. The Kier molecular flexibility index (Phi) is 17.8. The largest absolute Gasteiger partial charge is 0.741 e. The first-order valence-corrected chi connectivity index (χ1v) is 25.4. The number of hydrogen-bond acceptors (Lipinski definition) is 3. The zero-order chi connectivity index (χ0) is 41.7. The summed E-state index contributed by atoms with van der Waals surface area (Å²) < 4.78 is 58.9. The summed E-state index contributed by atoms with van der Waals surface area (Å²) in [7, 11) is -7.76. The summed E-state index contributed by atoms with van der Waals surface area (Å²) in [6, 6.07) is 67.7. The van der Waals surface area contributed by atoms with E-state index in [0.29, 0.717) is 0 Å². The molecule has 2 aliphatic rings. The van der Waals surface area contributed by atoms with Crippen molar-refractivity contribution in [2.24, 2.45) is 17.3 Å². The molecule has 0 saturated carbocycles. The number of alkyl halides is 3. The van der Waals surface area contributed by atoms with E-state index >= 15 is 0 Å². The second-order valence-electron chi connectivity index (χ2n) is 14.8. The van der Waals surface area contributed by atoms with Crippen LogP contribution in [0.4, 0.5) is 13.2 Å². The van der Waals surface area contributed by atoms with Gasteiger partial charge in [-0.25, -0.2) is 8.42 Å². The molecule has 0 fully saturated rings. The van der Waals surface area contributed by atoms with Crippen LogP contribution >= 0.6 is 23.8 Å². The molecule has 3 nitrogen and oxygen atoms in total. The van der Waals surface area contributed by atoms with Crippen LogP contribution in [-0.4, -0.2) is 37.0 Å². The van der Waals surface area contributed by atoms with Gasteiger partial charge in [-0.15, -0.1) is 0 Å². The van der Waals surface area contributed by atoms with Crippen molar-refractivity contribution in [3.63, 3.8) is 0 Å². The maximum atomic E-state index is 10.7. The van der Waals surface area contributed by atoms with E-state index < -0.39 is 39.4 Å². The monoisotopic (exact) mass is 968 g/mol. The molecular formula is C49H47F3O3P3RhS-. The molecule has 6 aromatic rings. The molecule has 0 aliphatic heterocycles. The first kappa shape index (κ1) is 47.5. The van der Waals surface area contributed by atoms with Gasteiger partial charge in [0.15, 0.2) is 10.1 Å². The fraction of sp³-hybridized carbons (Fsp3) is 0.184. The van der Waals surface area contributed by atoms with Gasteiger partial charge >= 0.3 is 5.51 Å². The van der Waals surface area contributed by atoms with Gasteiger partial charge in [-0.2, -0.15) is 13.2 Å². The minimum Gasteiger partial charge on any atom is -0.741 e. The van der Waals surface area contributed by atoms with Crippen molar-refractivity contribution in [3.8, 4) is 0 Å². The number of benzene rings is 6. The average molecular weight is 969 g/mol. The predicted molar refractivity (Wildman–Crippen MR) is 246 cm³/mol. The SMILES string of the molecule is C1=CC2C=CC1C2.CC(CP(c1ccccc1)c1ccccc1)(CP(c1ccccc1)c1ccccc1)CP(c1ccccc1)c1ccccc1.O=S(=O)([O-])C(F)(F)F.[Rh]. The summed E-state index contributed by atoms with van der Waals surface area (Å²) in [4.78, 5) is 0. The Morgan fingerprint density at radius 2 is 0.650 bits per heavy atom. The third-order valence-corrected chi connectivity index (χ3v) is 19.4. The summed E-state index contributed by atoms with van der Waals surface area (Å²) in [5, 5.41) is 8.79. The molecule has 0 N–H and O–H groups in total. The summed E-state index contributed by atoms with van der Waals surface area (Å²) in [6.07, 6.45) is 14.0. The minimum atomic E-state index is -6.09. The molecule has 6 aromatic carbocycles. The van der Waals surface area contributed by atoms with Crippen molar-refractivity contribution < 1.29 is 45.6 Å². The van der Waals surface area contributed by atoms with Crippen LogP contribution in [0.1, 0.15) is 13.3 Å². The zero-order valence-corrected chi connectivity index (χ0v) is 38.2. The van der Waals surface area contributed by atoms with Crippen LogP contribution in [0.5, 0.6) is 0 Å². The van der Waals surface area contributed by atoms with E-state index in [1.165, 1.54) is 38.2 Å². The number of allylic oxidation sites excluding steroid dienone is 4. The van der Waals surface area contributed by atoms with Crippen molar-refractivity contribution in [1.82, 2.24) is 0 Å². The van der Waals surface area contributed by atoms with Crippen molar-refractivity contribution in [1.29, 1.82) is 0 Å². The summed E-state index contributed by atoms with van der Waals surface area (Å²) >= 11 is 0. The summed E-state index contributed by atoms with van der Waals surface area (Å²) in [5.41, 5.74) is -5.57. The summed E-state index contributed by atoms with van der Waals surface area (Å²) in [6.45, 7) is 2.61. The van der Waals surface area contributed by atoms with E-state index in [0.717, 1.165) is 30.3 Å². The van der Waals surface area contributed by atoms with Gasteiger partial charge in [-0.3, -0.25) is 0 Å². The first-order chi connectivity index (χ1) is 28.4. The number of rotatable bonds is 12. The van der Waals surface area contributed by atoms with Crippen molar-refractivity contribution in [2.45, 2.75) is 18.9 Å². The van der Waals surface area contributed by atoms with Gasteiger partial charge < -0.3 is 4.55 Å². The zero-order valence-electron chi connectivity index (χ0n) is 33.1. The molecule has 2 aliphatic carbocycles. The molecule has 0 saturated heterocycles. The third-order valence-electron chi connectivity index (χ3n) is 10.1. The summed E-state index contributed by atoms with van der Waals surface area (Å²) in [5.74, 6) is 1.62. The normalized spacial score (nSPS) is 15.5. The van der Waals surface area contributed by atoms with Gasteiger partial charge in [0, 0.05) is 19.5 Å². The van der Waals surface area contributed by atoms with E-state index in [1.54, 1.807) is 0 Å². The molecule has 0 unspecified atom stereocenters. The fourth-order valence-corrected chi connectivity index (χ4v) is 15.9. The van der Waals surface area contributed by atoms with E-state index in [4.69, 9.17) is 13.0 Å². The number of hydrogen-bond donors (Lipinski definition) is 0. The van der Waals surface area contributed by atoms with Gasteiger partial charge in [0.25, 0.3) is 0 Å². The molecule has 60 heavy (non-hydrogen) atoms. The Morgan fingerprint density at radius 3 is 0.783 bits per heavy atom.